The van der Waals surface area contributed by atoms with E-state index in [1.54, 1.807) is 13.0 Å². The van der Waals surface area contributed by atoms with Crippen LogP contribution in [-0.2, 0) is 4.74 Å². The largest absolute Gasteiger partial charge is 0.513 e. The molecule has 0 spiro atoms. The van der Waals surface area contributed by atoms with Crippen molar-refractivity contribution in [1.82, 2.24) is 0 Å². The second kappa shape index (κ2) is 9.11. The van der Waals surface area contributed by atoms with Crippen molar-refractivity contribution in [3.8, 4) is 16.9 Å². The fourth-order valence-corrected chi connectivity index (χ4v) is 3.08. The molecule has 0 heterocycles. The molecule has 28 heavy (non-hydrogen) atoms. The van der Waals surface area contributed by atoms with E-state index in [2.05, 4.69) is 0 Å². The summed E-state index contributed by atoms with van der Waals surface area (Å²) >= 11 is 6.16. The number of hydrogen-bond donors (Lipinski definition) is 1. The van der Waals surface area contributed by atoms with Gasteiger partial charge in [-0.2, -0.15) is 0 Å². The van der Waals surface area contributed by atoms with Crippen molar-refractivity contribution in [2.45, 2.75) is 46.5 Å². The van der Waals surface area contributed by atoms with Crippen LogP contribution in [0, 0.1) is 0 Å². The van der Waals surface area contributed by atoms with Crippen molar-refractivity contribution in [2.75, 3.05) is 6.61 Å². The monoisotopic (exact) mass is 404 g/mol. The molecule has 2 aromatic rings. The van der Waals surface area contributed by atoms with Crippen LogP contribution in [0.2, 0.25) is 5.02 Å². The van der Waals surface area contributed by atoms with Gasteiger partial charge in [0.2, 0.25) is 0 Å². The molecule has 0 saturated heterocycles. The minimum Gasteiger partial charge on any atom is -0.478 e. The van der Waals surface area contributed by atoms with E-state index in [1.165, 1.54) is 12.1 Å². The maximum absolute atomic E-state index is 12.1. The Balaban J connectivity index is 2.85. The molecule has 0 aliphatic carbocycles. The van der Waals surface area contributed by atoms with Crippen molar-refractivity contribution in [1.29, 1.82) is 0 Å². The third-order valence-corrected chi connectivity index (χ3v) is 4.61. The number of carboxylic acids is 1. The summed E-state index contributed by atoms with van der Waals surface area (Å²) < 4.78 is 10.5. The normalized spacial score (nSPS) is 11.0. The second-order valence-electron chi connectivity index (χ2n) is 7.08. The fourth-order valence-electron chi connectivity index (χ4n) is 2.91. The number of hydrogen-bond acceptors (Lipinski definition) is 4. The molecule has 0 bridgehead atoms. The summed E-state index contributed by atoms with van der Waals surface area (Å²) in [5, 5.41) is 10.0. The van der Waals surface area contributed by atoms with Gasteiger partial charge in [-0.15, -0.1) is 0 Å². The van der Waals surface area contributed by atoms with Gasteiger partial charge in [0.25, 0.3) is 0 Å². The highest BCUT2D eigenvalue weighted by molar-refractivity contribution is 6.31. The molecule has 0 unspecified atom stereocenters. The zero-order valence-electron chi connectivity index (χ0n) is 16.7. The summed E-state index contributed by atoms with van der Waals surface area (Å²) in [4.78, 5) is 23.9. The molecule has 150 valence electrons. The molecule has 0 atom stereocenters. The predicted octanol–water partition coefficient (Wildman–Crippen LogP) is 6.49. The van der Waals surface area contributed by atoms with Gasteiger partial charge in [-0.25, -0.2) is 9.59 Å². The van der Waals surface area contributed by atoms with Crippen LogP contribution in [0.3, 0.4) is 0 Å². The van der Waals surface area contributed by atoms with Crippen LogP contribution >= 0.6 is 11.6 Å². The highest BCUT2D eigenvalue weighted by atomic mass is 35.5. The van der Waals surface area contributed by atoms with Gasteiger partial charge in [-0.05, 0) is 54.2 Å². The van der Waals surface area contributed by atoms with Gasteiger partial charge in [0, 0.05) is 16.1 Å². The average molecular weight is 405 g/mol. The summed E-state index contributed by atoms with van der Waals surface area (Å²) in [5.74, 6) is -0.563. The van der Waals surface area contributed by atoms with Crippen molar-refractivity contribution >= 4 is 23.7 Å². The minimum atomic E-state index is -1.09. The molecule has 6 heteroatoms. The number of ether oxygens (including phenoxy) is 2. The molecule has 0 aromatic heterocycles. The van der Waals surface area contributed by atoms with Crippen LogP contribution < -0.4 is 4.74 Å². The summed E-state index contributed by atoms with van der Waals surface area (Å²) in [6, 6.07) is 8.38. The first-order chi connectivity index (χ1) is 13.1. The fraction of sp³-hybridized carbons (Fsp3) is 0.364. The van der Waals surface area contributed by atoms with Crippen molar-refractivity contribution < 1.29 is 24.2 Å². The van der Waals surface area contributed by atoms with E-state index >= 15 is 0 Å². The van der Waals surface area contributed by atoms with E-state index in [1.807, 2.05) is 39.8 Å². The lowest BCUT2D eigenvalue weighted by molar-refractivity contribution is 0.0697. The van der Waals surface area contributed by atoms with Gasteiger partial charge in [0.05, 0.1) is 12.2 Å². The Bertz CT molecular complexity index is 887. The lowest BCUT2D eigenvalue weighted by Crippen LogP contribution is -2.13. The Labute approximate surface area is 170 Å². The number of carbonyl (C=O) groups excluding carboxylic acids is 1. The van der Waals surface area contributed by atoms with E-state index in [0.717, 1.165) is 11.1 Å². The molecule has 5 nitrogen and oxygen atoms in total. The highest BCUT2D eigenvalue weighted by Gasteiger charge is 2.24. The molecule has 0 amide bonds. The van der Waals surface area contributed by atoms with Crippen LogP contribution in [-0.4, -0.2) is 23.8 Å². The zero-order valence-corrected chi connectivity index (χ0v) is 17.5. The molecule has 2 aromatic carbocycles. The van der Waals surface area contributed by atoms with Gasteiger partial charge in [0.15, 0.2) is 0 Å². The van der Waals surface area contributed by atoms with E-state index in [-0.39, 0.29) is 24.0 Å². The van der Waals surface area contributed by atoms with Crippen LogP contribution in [0.15, 0.2) is 30.3 Å². The molecular formula is C22H25ClO5. The molecule has 1 N–H and O–H groups in total. The number of carbonyl (C=O) groups is 2. The Morgan fingerprint density at radius 1 is 1.04 bits per heavy atom. The van der Waals surface area contributed by atoms with Crippen molar-refractivity contribution in [3.05, 3.63) is 52.0 Å². The summed E-state index contributed by atoms with van der Waals surface area (Å²) in [6.45, 7) is 9.92. The molecule has 2 rings (SSSR count). The van der Waals surface area contributed by atoms with Crippen molar-refractivity contribution in [3.63, 3.8) is 0 Å². The third kappa shape index (κ3) is 4.84. The molecule has 0 aliphatic heterocycles. The number of aromatic carboxylic acids is 1. The van der Waals surface area contributed by atoms with Gasteiger partial charge >= 0.3 is 12.1 Å². The number of benzene rings is 2. The average Bonchev–Trinajstić information content (AvgIpc) is 2.61. The molecule has 0 aliphatic rings. The van der Waals surface area contributed by atoms with E-state index in [9.17, 15) is 14.7 Å². The van der Waals surface area contributed by atoms with E-state index in [4.69, 9.17) is 21.1 Å². The summed E-state index contributed by atoms with van der Waals surface area (Å²) in [6.07, 6.45) is -0.832. The van der Waals surface area contributed by atoms with Crippen LogP contribution in [0.1, 0.15) is 67.9 Å². The minimum absolute atomic E-state index is 0.0364. The lowest BCUT2D eigenvalue weighted by Gasteiger charge is -2.21. The first-order valence-electron chi connectivity index (χ1n) is 9.21. The Morgan fingerprint density at radius 2 is 1.71 bits per heavy atom. The van der Waals surface area contributed by atoms with Crippen LogP contribution in [0.5, 0.6) is 5.75 Å². The van der Waals surface area contributed by atoms with Crippen LogP contribution in [0.25, 0.3) is 11.1 Å². The molecular weight excluding hydrogens is 380 g/mol. The Kier molecular flexibility index (Phi) is 7.08. The maximum Gasteiger partial charge on any atom is 0.513 e. The standard InChI is InChI=1S/C22H25ClO5/c1-6-27-22(26)28-20-17(13(4)5)9-14(12(2)3)10-19(20)18-11-15(23)7-8-16(18)21(24)25/h7-13H,6H2,1-5H3,(H,24,25). The van der Waals surface area contributed by atoms with E-state index in [0.29, 0.717) is 21.9 Å². The first kappa shape index (κ1) is 21.8. The van der Waals surface area contributed by atoms with Gasteiger partial charge in [-0.1, -0.05) is 45.4 Å². The quantitative estimate of drug-likeness (QED) is 0.440. The van der Waals surface area contributed by atoms with Gasteiger partial charge < -0.3 is 14.6 Å². The second-order valence-corrected chi connectivity index (χ2v) is 7.51. The molecule has 0 saturated carbocycles. The first-order valence-corrected chi connectivity index (χ1v) is 9.59. The summed E-state index contributed by atoms with van der Waals surface area (Å²) in [7, 11) is 0. The van der Waals surface area contributed by atoms with Gasteiger partial charge in [-0.3, -0.25) is 0 Å². The number of halogens is 1. The maximum atomic E-state index is 12.1. The van der Waals surface area contributed by atoms with Crippen molar-refractivity contribution in [2.24, 2.45) is 0 Å². The van der Waals surface area contributed by atoms with E-state index < -0.39 is 12.1 Å². The smallest absolute Gasteiger partial charge is 0.478 e. The lowest BCUT2D eigenvalue weighted by atomic mass is 9.88. The Morgan fingerprint density at radius 3 is 2.25 bits per heavy atom. The molecule has 0 radical (unpaired) electrons. The predicted molar refractivity (Wildman–Crippen MR) is 110 cm³/mol. The highest BCUT2D eigenvalue weighted by Crippen LogP contribution is 2.42. The number of carboxylic acid groups (broad SMARTS) is 1. The third-order valence-electron chi connectivity index (χ3n) is 4.38. The topological polar surface area (TPSA) is 72.8 Å². The molecule has 0 fully saturated rings. The number of rotatable bonds is 6. The summed E-state index contributed by atoms with van der Waals surface area (Å²) in [5.41, 5.74) is 2.78. The Hall–Kier alpha value is -2.53. The SMILES string of the molecule is CCOC(=O)Oc1c(-c2cc(Cl)ccc2C(=O)O)cc(C(C)C)cc1C(C)C. The van der Waals surface area contributed by atoms with Gasteiger partial charge in [0.1, 0.15) is 5.75 Å². The zero-order chi connectivity index (χ0) is 21.0. The van der Waals surface area contributed by atoms with Crippen LogP contribution in [0.4, 0.5) is 4.79 Å².